The maximum absolute atomic E-state index is 12.4. The molecular formula is C16H10BrCl2NO. The van der Waals surface area contributed by atoms with Crippen molar-refractivity contribution in [2.45, 2.75) is 6.54 Å². The largest absolute Gasteiger partial charge is 0.340 e. The van der Waals surface area contributed by atoms with E-state index in [2.05, 4.69) is 15.9 Å². The molecule has 0 saturated heterocycles. The Labute approximate surface area is 140 Å². The summed E-state index contributed by atoms with van der Waals surface area (Å²) in [5.74, 6) is -0.00829. The van der Waals surface area contributed by atoms with E-state index in [9.17, 15) is 4.79 Å². The molecule has 0 amide bonds. The molecular weight excluding hydrogens is 373 g/mol. The summed E-state index contributed by atoms with van der Waals surface area (Å²) in [6.45, 7) is 0.262. The van der Waals surface area contributed by atoms with Gasteiger partial charge in [0.2, 0.25) is 0 Å². The molecule has 0 spiro atoms. The number of ketones is 1. The molecule has 2 aromatic carbocycles. The molecule has 0 bridgehead atoms. The fourth-order valence-electron chi connectivity index (χ4n) is 2.21. The Hall–Kier alpha value is -1.29. The van der Waals surface area contributed by atoms with Crippen LogP contribution in [-0.4, -0.2) is 10.4 Å². The van der Waals surface area contributed by atoms with Crippen molar-refractivity contribution in [1.82, 2.24) is 4.57 Å². The van der Waals surface area contributed by atoms with Gasteiger partial charge in [0.15, 0.2) is 5.78 Å². The van der Waals surface area contributed by atoms with Gasteiger partial charge in [-0.25, -0.2) is 0 Å². The lowest BCUT2D eigenvalue weighted by molar-refractivity contribution is 0.0973. The molecule has 0 aliphatic carbocycles. The molecule has 0 radical (unpaired) electrons. The van der Waals surface area contributed by atoms with E-state index in [1.165, 1.54) is 0 Å². The van der Waals surface area contributed by atoms with Gasteiger partial charge in [-0.2, -0.15) is 0 Å². The number of carbonyl (C=O) groups is 1. The van der Waals surface area contributed by atoms with E-state index in [0.29, 0.717) is 15.6 Å². The van der Waals surface area contributed by atoms with Crippen molar-refractivity contribution in [1.29, 1.82) is 0 Å². The Kier molecular flexibility index (Phi) is 4.07. The van der Waals surface area contributed by atoms with Gasteiger partial charge in [-0.15, -0.1) is 0 Å². The first kappa shape index (κ1) is 14.6. The minimum Gasteiger partial charge on any atom is -0.340 e. The van der Waals surface area contributed by atoms with Gasteiger partial charge in [0, 0.05) is 21.7 Å². The second-order valence-electron chi connectivity index (χ2n) is 4.70. The molecule has 106 valence electrons. The molecule has 0 fully saturated rings. The first-order valence-corrected chi connectivity index (χ1v) is 7.82. The molecule has 3 aromatic rings. The van der Waals surface area contributed by atoms with Crippen LogP contribution in [0.25, 0.3) is 10.9 Å². The number of nitrogens with zero attached hydrogens (tertiary/aromatic N) is 1. The van der Waals surface area contributed by atoms with E-state index in [1.54, 1.807) is 18.2 Å². The highest BCUT2D eigenvalue weighted by Crippen LogP contribution is 2.24. The number of benzene rings is 2. The monoisotopic (exact) mass is 381 g/mol. The molecule has 3 rings (SSSR count). The molecule has 1 aromatic heterocycles. The Bertz CT molecular complexity index is 841. The average Bonchev–Trinajstić information content (AvgIpc) is 2.84. The molecule has 0 N–H and O–H groups in total. The van der Waals surface area contributed by atoms with E-state index in [4.69, 9.17) is 23.2 Å². The van der Waals surface area contributed by atoms with E-state index in [0.717, 1.165) is 15.4 Å². The predicted octanol–water partition coefficient (Wildman–Crippen LogP) is 5.59. The SMILES string of the molecule is O=C(Cn1ccc2ccc(Br)cc21)c1ccc(Cl)c(Cl)c1. The molecule has 21 heavy (non-hydrogen) atoms. The Morgan fingerprint density at radius 1 is 1.05 bits per heavy atom. The molecule has 5 heteroatoms. The third-order valence-electron chi connectivity index (χ3n) is 3.29. The summed E-state index contributed by atoms with van der Waals surface area (Å²) in [6, 6.07) is 12.9. The number of rotatable bonds is 3. The van der Waals surface area contributed by atoms with Crippen molar-refractivity contribution in [3.63, 3.8) is 0 Å². The lowest BCUT2D eigenvalue weighted by Gasteiger charge is -2.06. The summed E-state index contributed by atoms with van der Waals surface area (Å²) in [6.07, 6.45) is 1.91. The Balaban J connectivity index is 1.92. The summed E-state index contributed by atoms with van der Waals surface area (Å²) in [5.41, 5.74) is 1.57. The lowest BCUT2D eigenvalue weighted by atomic mass is 10.1. The van der Waals surface area contributed by atoms with E-state index >= 15 is 0 Å². The zero-order valence-corrected chi connectivity index (χ0v) is 13.9. The summed E-state index contributed by atoms with van der Waals surface area (Å²) in [7, 11) is 0. The minimum absolute atomic E-state index is 0.00829. The van der Waals surface area contributed by atoms with E-state index in [-0.39, 0.29) is 12.3 Å². The summed E-state index contributed by atoms with van der Waals surface area (Å²) in [5, 5.41) is 1.94. The maximum Gasteiger partial charge on any atom is 0.182 e. The van der Waals surface area contributed by atoms with Gasteiger partial charge in [0.05, 0.1) is 16.6 Å². The number of carbonyl (C=O) groups excluding carboxylic acids is 1. The maximum atomic E-state index is 12.4. The molecule has 0 aliphatic rings. The van der Waals surface area contributed by atoms with Crippen molar-refractivity contribution in [2.24, 2.45) is 0 Å². The number of halogens is 3. The van der Waals surface area contributed by atoms with E-state index < -0.39 is 0 Å². The van der Waals surface area contributed by atoms with Crippen LogP contribution in [0.4, 0.5) is 0 Å². The van der Waals surface area contributed by atoms with Gasteiger partial charge in [0.25, 0.3) is 0 Å². The molecule has 0 atom stereocenters. The van der Waals surface area contributed by atoms with Crippen LogP contribution < -0.4 is 0 Å². The molecule has 0 saturated carbocycles. The van der Waals surface area contributed by atoms with Crippen molar-refractivity contribution >= 4 is 55.8 Å². The highest BCUT2D eigenvalue weighted by molar-refractivity contribution is 9.10. The van der Waals surface area contributed by atoms with Crippen molar-refractivity contribution in [3.8, 4) is 0 Å². The van der Waals surface area contributed by atoms with Crippen LogP contribution in [0, 0.1) is 0 Å². The topological polar surface area (TPSA) is 22.0 Å². The number of fused-ring (bicyclic) bond motifs is 1. The van der Waals surface area contributed by atoms with Gasteiger partial charge >= 0.3 is 0 Å². The third-order valence-corrected chi connectivity index (χ3v) is 4.52. The van der Waals surface area contributed by atoms with E-state index in [1.807, 2.05) is 35.0 Å². The zero-order chi connectivity index (χ0) is 15.0. The molecule has 0 aliphatic heterocycles. The standard InChI is InChI=1S/C16H10BrCl2NO/c17-12-3-1-10-5-6-20(15(10)8-12)9-16(21)11-2-4-13(18)14(19)7-11/h1-8H,9H2. The fraction of sp³-hybridized carbons (Fsp3) is 0.0625. The quantitative estimate of drug-likeness (QED) is 0.541. The minimum atomic E-state index is -0.00829. The van der Waals surface area contributed by atoms with Crippen LogP contribution in [-0.2, 0) is 6.54 Å². The van der Waals surface area contributed by atoms with Gasteiger partial charge in [-0.3, -0.25) is 4.79 Å². The predicted molar refractivity (Wildman–Crippen MR) is 90.4 cm³/mol. The number of aromatic nitrogens is 1. The zero-order valence-electron chi connectivity index (χ0n) is 10.8. The summed E-state index contributed by atoms with van der Waals surface area (Å²) < 4.78 is 2.90. The second kappa shape index (κ2) is 5.84. The first-order chi connectivity index (χ1) is 10.0. The van der Waals surface area contributed by atoms with Gasteiger partial charge in [-0.1, -0.05) is 45.2 Å². The van der Waals surface area contributed by atoms with Crippen molar-refractivity contribution in [2.75, 3.05) is 0 Å². The second-order valence-corrected chi connectivity index (χ2v) is 6.43. The Morgan fingerprint density at radius 3 is 2.62 bits per heavy atom. The summed E-state index contributed by atoms with van der Waals surface area (Å²) >= 11 is 15.3. The molecule has 0 unspecified atom stereocenters. The summed E-state index contributed by atoms with van der Waals surface area (Å²) in [4.78, 5) is 12.4. The number of Topliss-reactive ketones (excluding diaryl/α,β-unsaturated/α-hetero) is 1. The first-order valence-electron chi connectivity index (χ1n) is 6.27. The normalized spacial score (nSPS) is 11.0. The van der Waals surface area contributed by atoms with Crippen molar-refractivity contribution in [3.05, 3.63) is 68.7 Å². The highest BCUT2D eigenvalue weighted by Gasteiger charge is 2.11. The smallest absolute Gasteiger partial charge is 0.182 e. The lowest BCUT2D eigenvalue weighted by Crippen LogP contribution is -2.09. The van der Waals surface area contributed by atoms with Crippen LogP contribution in [0.5, 0.6) is 0 Å². The highest BCUT2D eigenvalue weighted by atomic mass is 79.9. The number of hydrogen-bond donors (Lipinski definition) is 0. The van der Waals surface area contributed by atoms with Crippen molar-refractivity contribution < 1.29 is 4.79 Å². The van der Waals surface area contributed by atoms with Crippen LogP contribution in [0.1, 0.15) is 10.4 Å². The van der Waals surface area contributed by atoms with Crippen LogP contribution in [0.2, 0.25) is 10.0 Å². The van der Waals surface area contributed by atoms with Gasteiger partial charge in [-0.05, 0) is 41.8 Å². The molecule has 1 heterocycles. The third kappa shape index (κ3) is 3.00. The average molecular weight is 383 g/mol. The van der Waals surface area contributed by atoms with Crippen LogP contribution >= 0.6 is 39.1 Å². The van der Waals surface area contributed by atoms with Crippen LogP contribution in [0.15, 0.2) is 53.1 Å². The van der Waals surface area contributed by atoms with Gasteiger partial charge in [0.1, 0.15) is 0 Å². The number of hydrogen-bond acceptors (Lipinski definition) is 1. The van der Waals surface area contributed by atoms with Gasteiger partial charge < -0.3 is 4.57 Å². The molecule has 2 nitrogen and oxygen atoms in total. The Morgan fingerprint density at radius 2 is 1.86 bits per heavy atom. The van der Waals surface area contributed by atoms with Crippen LogP contribution in [0.3, 0.4) is 0 Å². The fourth-order valence-corrected chi connectivity index (χ4v) is 2.86.